The molecule has 1 saturated heterocycles. The van der Waals surface area contributed by atoms with Gasteiger partial charge >= 0.3 is 12.6 Å². The molecule has 0 aliphatic carbocycles. The summed E-state index contributed by atoms with van der Waals surface area (Å²) in [7, 11) is 0. The van der Waals surface area contributed by atoms with Crippen LogP contribution < -0.4 is 5.32 Å². The van der Waals surface area contributed by atoms with Crippen molar-refractivity contribution < 1.29 is 18.4 Å². The lowest BCUT2D eigenvalue weighted by atomic mass is 9.91. The molecule has 8 heteroatoms. The van der Waals surface area contributed by atoms with Crippen LogP contribution in [0.5, 0.6) is 0 Å². The zero-order valence-electron chi connectivity index (χ0n) is 13.2. The minimum atomic E-state index is -2.79. The molecule has 1 unspecified atom stereocenters. The van der Waals surface area contributed by atoms with Gasteiger partial charge in [-0.1, -0.05) is 29.8 Å². The highest BCUT2D eigenvalue weighted by Crippen LogP contribution is 2.30. The van der Waals surface area contributed by atoms with Gasteiger partial charge in [0.25, 0.3) is 5.91 Å². The van der Waals surface area contributed by atoms with E-state index < -0.39 is 24.0 Å². The maximum atomic E-state index is 12.9. The van der Waals surface area contributed by atoms with Crippen LogP contribution in [0.2, 0.25) is 0 Å². The van der Waals surface area contributed by atoms with Crippen LogP contribution in [0, 0.1) is 6.92 Å². The molecule has 2 aromatic rings. The van der Waals surface area contributed by atoms with Crippen LogP contribution in [-0.2, 0) is 16.9 Å². The van der Waals surface area contributed by atoms with E-state index in [2.05, 4.69) is 10.3 Å². The first-order valence-electron chi connectivity index (χ1n) is 7.34. The van der Waals surface area contributed by atoms with Crippen LogP contribution in [0.4, 0.5) is 13.6 Å². The quantitative estimate of drug-likeness (QED) is 0.874. The number of halogens is 2. The van der Waals surface area contributed by atoms with E-state index in [0.717, 1.165) is 16.7 Å². The average Bonchev–Trinajstić information content (AvgIpc) is 3.08. The van der Waals surface area contributed by atoms with Gasteiger partial charge in [0.1, 0.15) is 11.4 Å². The molecule has 3 rings (SSSR count). The highest BCUT2D eigenvalue weighted by Gasteiger charge is 2.49. The monoisotopic (exact) mass is 334 g/mol. The largest absolute Gasteiger partial charge is 0.325 e. The minimum Gasteiger partial charge on any atom is -0.319 e. The molecule has 1 aromatic heterocycles. The lowest BCUT2D eigenvalue weighted by Gasteiger charge is -2.22. The van der Waals surface area contributed by atoms with Crippen LogP contribution in [0.15, 0.2) is 36.7 Å². The number of carbonyl (C=O) groups excluding carboxylic acids is 2. The van der Waals surface area contributed by atoms with Gasteiger partial charge in [-0.15, -0.1) is 0 Å². The van der Waals surface area contributed by atoms with Gasteiger partial charge in [0.15, 0.2) is 0 Å². The van der Waals surface area contributed by atoms with E-state index in [4.69, 9.17) is 0 Å². The number of carbonyl (C=O) groups is 2. The van der Waals surface area contributed by atoms with Gasteiger partial charge in [-0.3, -0.25) is 14.3 Å². The fourth-order valence-electron chi connectivity index (χ4n) is 2.71. The molecule has 1 aliphatic rings. The molecule has 1 aromatic carbocycles. The second-order valence-electron chi connectivity index (χ2n) is 5.84. The molecule has 24 heavy (non-hydrogen) atoms. The maximum Gasteiger partial charge on any atom is 0.325 e. The number of imide groups is 1. The zero-order chi connectivity index (χ0) is 17.5. The topological polar surface area (TPSA) is 67.2 Å². The number of benzene rings is 1. The van der Waals surface area contributed by atoms with Crippen molar-refractivity contribution in [3.8, 4) is 0 Å². The first-order valence-corrected chi connectivity index (χ1v) is 7.34. The van der Waals surface area contributed by atoms with Crippen LogP contribution in [0.3, 0.4) is 0 Å². The van der Waals surface area contributed by atoms with E-state index in [1.165, 1.54) is 6.20 Å². The van der Waals surface area contributed by atoms with Crippen molar-refractivity contribution in [2.45, 2.75) is 32.5 Å². The predicted octanol–water partition coefficient (Wildman–Crippen LogP) is 2.55. The van der Waals surface area contributed by atoms with Crippen LogP contribution in [0.25, 0.3) is 0 Å². The van der Waals surface area contributed by atoms with E-state index >= 15 is 0 Å². The third-order valence-corrected chi connectivity index (χ3v) is 4.16. The van der Waals surface area contributed by atoms with Crippen molar-refractivity contribution in [2.24, 2.45) is 0 Å². The normalized spacial score (nSPS) is 20.8. The summed E-state index contributed by atoms with van der Waals surface area (Å²) in [6.45, 7) is 0.408. The Morgan fingerprint density at radius 2 is 1.92 bits per heavy atom. The number of hydrogen-bond donors (Lipinski definition) is 1. The lowest BCUT2D eigenvalue weighted by molar-refractivity contribution is -0.131. The maximum absolute atomic E-state index is 12.9. The van der Waals surface area contributed by atoms with Gasteiger partial charge in [0.05, 0.1) is 6.54 Å². The van der Waals surface area contributed by atoms with E-state index in [1.807, 2.05) is 19.1 Å². The molecule has 126 valence electrons. The molecule has 2 heterocycles. The zero-order valence-corrected chi connectivity index (χ0v) is 13.2. The molecule has 1 N–H and O–H groups in total. The van der Waals surface area contributed by atoms with Crippen molar-refractivity contribution in [3.05, 3.63) is 53.6 Å². The highest BCUT2D eigenvalue weighted by molar-refractivity contribution is 6.07. The first-order chi connectivity index (χ1) is 11.3. The van der Waals surface area contributed by atoms with E-state index in [1.54, 1.807) is 19.1 Å². The molecule has 6 nitrogen and oxygen atoms in total. The Morgan fingerprint density at radius 1 is 1.25 bits per heavy atom. The number of rotatable bonds is 4. The molecule has 0 spiro atoms. The number of alkyl halides is 2. The Labute approximate surface area is 137 Å². The summed E-state index contributed by atoms with van der Waals surface area (Å²) in [5.41, 5.74) is 0.425. The Balaban J connectivity index is 1.89. The van der Waals surface area contributed by atoms with Gasteiger partial charge in [0, 0.05) is 12.4 Å². The second kappa shape index (κ2) is 5.70. The Hall–Kier alpha value is -2.77. The third-order valence-electron chi connectivity index (χ3n) is 4.16. The average molecular weight is 334 g/mol. The summed E-state index contributed by atoms with van der Waals surface area (Å²) in [4.78, 5) is 29.7. The van der Waals surface area contributed by atoms with Crippen molar-refractivity contribution >= 4 is 11.9 Å². The molecule has 0 saturated carbocycles. The summed E-state index contributed by atoms with van der Waals surface area (Å²) >= 11 is 0. The smallest absolute Gasteiger partial charge is 0.319 e. The van der Waals surface area contributed by atoms with Gasteiger partial charge in [0.2, 0.25) is 0 Å². The Morgan fingerprint density at radius 3 is 2.54 bits per heavy atom. The number of amides is 3. The molecule has 0 bridgehead atoms. The fraction of sp³-hybridized carbons (Fsp3) is 0.312. The number of aromatic nitrogens is 2. The molecule has 1 atom stereocenters. The lowest BCUT2D eigenvalue weighted by Crippen LogP contribution is -2.40. The third kappa shape index (κ3) is 2.53. The summed E-state index contributed by atoms with van der Waals surface area (Å²) in [6, 6.07) is 6.57. The summed E-state index contributed by atoms with van der Waals surface area (Å²) in [5, 5.41) is 2.64. The van der Waals surface area contributed by atoms with Crippen molar-refractivity contribution in [3.63, 3.8) is 0 Å². The summed E-state index contributed by atoms with van der Waals surface area (Å²) in [6.07, 6.45) is 2.32. The first kappa shape index (κ1) is 16.1. The number of nitrogens with one attached hydrogen (secondary N) is 1. The molecule has 1 fully saturated rings. The van der Waals surface area contributed by atoms with Crippen LogP contribution in [-0.4, -0.2) is 26.4 Å². The standard InChI is InChI=1S/C16H16F2N4O2/c1-10-3-5-11(6-4-10)16(2)13(23)22(15(24)20-16)9-12-19-7-8-21(12)14(17)18/h3-8,14H,9H2,1-2H3,(H,20,24). The number of hydrogen-bond acceptors (Lipinski definition) is 3. The minimum absolute atomic E-state index is 0.0540. The van der Waals surface area contributed by atoms with Gasteiger partial charge in [-0.05, 0) is 19.4 Å². The molecule has 0 radical (unpaired) electrons. The molecule has 1 aliphatic heterocycles. The molecular weight excluding hydrogens is 318 g/mol. The summed E-state index contributed by atoms with van der Waals surface area (Å²) < 4.78 is 26.4. The Kier molecular flexibility index (Phi) is 3.82. The predicted molar refractivity (Wildman–Crippen MR) is 81.1 cm³/mol. The second-order valence-corrected chi connectivity index (χ2v) is 5.84. The van der Waals surface area contributed by atoms with E-state index in [9.17, 15) is 18.4 Å². The summed E-state index contributed by atoms with van der Waals surface area (Å²) in [5.74, 6) is -0.554. The number of aryl methyl sites for hydroxylation is 1. The van der Waals surface area contributed by atoms with Gasteiger partial charge in [-0.2, -0.15) is 8.78 Å². The van der Waals surface area contributed by atoms with Crippen LogP contribution in [0.1, 0.15) is 30.4 Å². The molecule has 3 amide bonds. The van der Waals surface area contributed by atoms with Gasteiger partial charge < -0.3 is 5.32 Å². The van der Waals surface area contributed by atoms with E-state index in [-0.39, 0.29) is 12.4 Å². The van der Waals surface area contributed by atoms with Gasteiger partial charge in [-0.25, -0.2) is 9.78 Å². The van der Waals surface area contributed by atoms with Crippen molar-refractivity contribution in [1.82, 2.24) is 19.8 Å². The Bertz CT molecular complexity index is 788. The number of nitrogens with zero attached hydrogens (tertiary/aromatic N) is 3. The number of urea groups is 1. The molecular formula is C16H16F2N4O2. The van der Waals surface area contributed by atoms with Crippen molar-refractivity contribution in [1.29, 1.82) is 0 Å². The highest BCUT2D eigenvalue weighted by atomic mass is 19.3. The fourth-order valence-corrected chi connectivity index (χ4v) is 2.71. The van der Waals surface area contributed by atoms with Crippen molar-refractivity contribution in [2.75, 3.05) is 0 Å². The SMILES string of the molecule is Cc1ccc(C2(C)NC(=O)N(Cc3nccn3C(F)F)C2=O)cc1. The van der Waals surface area contributed by atoms with E-state index in [0.29, 0.717) is 10.1 Å². The van der Waals surface area contributed by atoms with Crippen LogP contribution >= 0.6 is 0 Å². The number of imidazole rings is 1.